The molecule has 0 spiro atoms. The molecule has 1 aromatic heterocycles. The van der Waals surface area contributed by atoms with E-state index in [9.17, 15) is 4.79 Å². The van der Waals surface area contributed by atoms with Crippen LogP contribution < -0.4 is 0 Å². The lowest BCUT2D eigenvalue weighted by molar-refractivity contribution is 0.0725. The lowest BCUT2D eigenvalue weighted by Crippen LogP contribution is -2.41. The molecule has 1 aliphatic rings. The highest BCUT2D eigenvalue weighted by Gasteiger charge is 2.23. The number of benzene rings is 1. The average Bonchev–Trinajstić information content (AvgIpc) is 2.93. The number of rotatable bonds is 5. The smallest absolute Gasteiger partial charge is 0.253 e. The Kier molecular flexibility index (Phi) is 6.69. The molecule has 1 saturated heterocycles. The van der Waals surface area contributed by atoms with Crippen molar-refractivity contribution in [3.05, 3.63) is 59.8 Å². The Hall–Kier alpha value is -1.85. The first kappa shape index (κ1) is 18.9. The Morgan fingerprint density at radius 3 is 2.69 bits per heavy atom. The molecule has 0 radical (unpaired) electrons. The Labute approximate surface area is 160 Å². The molecule has 4 nitrogen and oxygen atoms in total. The van der Waals surface area contributed by atoms with E-state index in [1.807, 2.05) is 41.4 Å². The summed E-state index contributed by atoms with van der Waals surface area (Å²) < 4.78 is 0. The third-order valence-corrected chi connectivity index (χ3v) is 5.90. The highest BCUT2D eigenvalue weighted by Crippen LogP contribution is 2.21. The average molecular weight is 370 g/mol. The zero-order chi connectivity index (χ0) is 18.4. The molecule has 138 valence electrons. The highest BCUT2D eigenvalue weighted by molar-refractivity contribution is 7.98. The van der Waals surface area contributed by atoms with Crippen molar-refractivity contribution >= 4 is 17.7 Å². The second kappa shape index (κ2) is 9.19. The van der Waals surface area contributed by atoms with Gasteiger partial charge in [0, 0.05) is 36.6 Å². The SMILES string of the molecule is CN(C)[C@H]1CCCCN(C(=O)c2ccc(CSc3ccccn3)cc2)C1. The first-order chi connectivity index (χ1) is 12.6. The third-order valence-electron chi connectivity index (χ3n) is 4.89. The Balaban J connectivity index is 1.61. The summed E-state index contributed by atoms with van der Waals surface area (Å²) in [6.45, 7) is 1.68. The van der Waals surface area contributed by atoms with E-state index >= 15 is 0 Å². The summed E-state index contributed by atoms with van der Waals surface area (Å²) in [6.07, 6.45) is 5.26. The van der Waals surface area contributed by atoms with Crippen LogP contribution in [0.25, 0.3) is 0 Å². The topological polar surface area (TPSA) is 36.4 Å². The molecule has 26 heavy (non-hydrogen) atoms. The van der Waals surface area contributed by atoms with Gasteiger partial charge in [0.15, 0.2) is 0 Å². The number of thioether (sulfide) groups is 1. The number of pyridine rings is 1. The van der Waals surface area contributed by atoms with Crippen LogP contribution in [0.15, 0.2) is 53.7 Å². The maximum atomic E-state index is 12.9. The van der Waals surface area contributed by atoms with Gasteiger partial charge in [-0.3, -0.25) is 4.79 Å². The maximum absolute atomic E-state index is 12.9. The van der Waals surface area contributed by atoms with Gasteiger partial charge in [0.2, 0.25) is 0 Å². The summed E-state index contributed by atoms with van der Waals surface area (Å²) in [7, 11) is 4.21. The number of nitrogens with zero attached hydrogens (tertiary/aromatic N) is 3. The normalized spacial score (nSPS) is 18.0. The van der Waals surface area contributed by atoms with E-state index in [4.69, 9.17) is 0 Å². The monoisotopic (exact) mass is 369 g/mol. The summed E-state index contributed by atoms with van der Waals surface area (Å²) in [5, 5.41) is 1.02. The predicted molar refractivity (Wildman–Crippen MR) is 107 cm³/mol. The molecule has 0 aliphatic carbocycles. The number of carbonyl (C=O) groups excluding carboxylic acids is 1. The molecule has 1 aromatic carbocycles. The number of likely N-dealkylation sites (N-methyl/N-ethyl adjacent to an activating group) is 1. The fourth-order valence-corrected chi connectivity index (χ4v) is 4.06. The second-order valence-electron chi connectivity index (χ2n) is 7.02. The van der Waals surface area contributed by atoms with Gasteiger partial charge in [0.25, 0.3) is 5.91 Å². The van der Waals surface area contributed by atoms with Gasteiger partial charge in [0.05, 0.1) is 5.03 Å². The van der Waals surface area contributed by atoms with Crippen molar-refractivity contribution in [1.82, 2.24) is 14.8 Å². The first-order valence-electron chi connectivity index (χ1n) is 9.22. The van der Waals surface area contributed by atoms with Crippen LogP contribution in [0.2, 0.25) is 0 Å². The molecule has 0 N–H and O–H groups in total. The first-order valence-corrected chi connectivity index (χ1v) is 10.2. The number of hydrogen-bond acceptors (Lipinski definition) is 4. The zero-order valence-corrected chi connectivity index (χ0v) is 16.4. The van der Waals surface area contributed by atoms with E-state index in [0.29, 0.717) is 6.04 Å². The molecule has 1 amide bonds. The minimum absolute atomic E-state index is 0.155. The summed E-state index contributed by atoms with van der Waals surface area (Å²) in [6, 6.07) is 14.4. The predicted octanol–water partition coefficient (Wildman–Crippen LogP) is 3.93. The summed E-state index contributed by atoms with van der Waals surface area (Å²) in [5.74, 6) is 1.01. The molecule has 2 aromatic rings. The maximum Gasteiger partial charge on any atom is 0.253 e. The lowest BCUT2D eigenvalue weighted by Gasteiger charge is -2.28. The summed E-state index contributed by atoms with van der Waals surface area (Å²) in [4.78, 5) is 21.5. The minimum Gasteiger partial charge on any atom is -0.337 e. The van der Waals surface area contributed by atoms with Crippen molar-refractivity contribution in [1.29, 1.82) is 0 Å². The molecular formula is C21H27N3OS. The van der Waals surface area contributed by atoms with Crippen LogP contribution in [-0.2, 0) is 5.75 Å². The van der Waals surface area contributed by atoms with Crippen LogP contribution in [0.4, 0.5) is 0 Å². The van der Waals surface area contributed by atoms with Crippen molar-refractivity contribution < 1.29 is 4.79 Å². The van der Waals surface area contributed by atoms with Gasteiger partial charge >= 0.3 is 0 Å². The summed E-state index contributed by atoms with van der Waals surface area (Å²) in [5.41, 5.74) is 2.00. The van der Waals surface area contributed by atoms with Gasteiger partial charge in [-0.1, -0.05) is 24.6 Å². The molecule has 0 bridgehead atoms. The van der Waals surface area contributed by atoms with Gasteiger partial charge in [-0.2, -0.15) is 0 Å². The molecule has 3 rings (SSSR count). The van der Waals surface area contributed by atoms with Gasteiger partial charge in [0.1, 0.15) is 0 Å². The fourth-order valence-electron chi connectivity index (χ4n) is 3.24. The van der Waals surface area contributed by atoms with Gasteiger partial charge in [-0.05, 0) is 56.8 Å². The number of carbonyl (C=O) groups is 1. The number of aromatic nitrogens is 1. The van der Waals surface area contributed by atoms with E-state index in [0.717, 1.165) is 35.9 Å². The Bertz CT molecular complexity index is 703. The number of likely N-dealkylation sites (tertiary alicyclic amines) is 1. The standard InChI is InChI=1S/C21H27N3OS/c1-23(2)19-7-4-6-14-24(15-19)21(25)18-11-9-17(10-12-18)16-26-20-8-3-5-13-22-20/h3,5,8-13,19H,4,6-7,14-16H2,1-2H3/t19-/m0/s1. The largest absolute Gasteiger partial charge is 0.337 e. The van der Waals surface area contributed by atoms with E-state index in [-0.39, 0.29) is 5.91 Å². The minimum atomic E-state index is 0.155. The molecule has 1 atom stereocenters. The molecule has 0 saturated carbocycles. The highest BCUT2D eigenvalue weighted by atomic mass is 32.2. The summed E-state index contributed by atoms with van der Waals surface area (Å²) >= 11 is 1.71. The van der Waals surface area contributed by atoms with E-state index in [2.05, 4.69) is 36.1 Å². The van der Waals surface area contributed by atoms with E-state index in [1.165, 1.54) is 18.4 Å². The van der Waals surface area contributed by atoms with Crippen molar-refractivity contribution in [3.8, 4) is 0 Å². The fraction of sp³-hybridized carbons (Fsp3) is 0.429. The van der Waals surface area contributed by atoms with Crippen molar-refractivity contribution in [2.75, 3.05) is 27.2 Å². The van der Waals surface area contributed by atoms with Gasteiger partial charge in [-0.15, -0.1) is 11.8 Å². The second-order valence-corrected chi connectivity index (χ2v) is 8.01. The number of hydrogen-bond donors (Lipinski definition) is 0. The van der Waals surface area contributed by atoms with E-state index in [1.54, 1.807) is 11.8 Å². The van der Waals surface area contributed by atoms with Crippen LogP contribution in [0.1, 0.15) is 35.2 Å². The van der Waals surface area contributed by atoms with Crippen molar-refractivity contribution in [3.63, 3.8) is 0 Å². The molecular weight excluding hydrogens is 342 g/mol. The molecule has 5 heteroatoms. The van der Waals surface area contributed by atoms with Crippen LogP contribution in [0.3, 0.4) is 0 Å². The molecule has 0 unspecified atom stereocenters. The van der Waals surface area contributed by atoms with Crippen LogP contribution in [0, 0.1) is 0 Å². The third kappa shape index (κ3) is 5.08. The number of amides is 1. The van der Waals surface area contributed by atoms with Gasteiger partial charge < -0.3 is 9.80 Å². The van der Waals surface area contributed by atoms with E-state index < -0.39 is 0 Å². The van der Waals surface area contributed by atoms with Crippen LogP contribution >= 0.6 is 11.8 Å². The quantitative estimate of drug-likeness (QED) is 0.748. The lowest BCUT2D eigenvalue weighted by atomic mass is 10.1. The van der Waals surface area contributed by atoms with Crippen LogP contribution in [-0.4, -0.2) is 53.9 Å². The van der Waals surface area contributed by atoms with Crippen molar-refractivity contribution in [2.45, 2.75) is 36.1 Å². The Morgan fingerprint density at radius 2 is 2.00 bits per heavy atom. The van der Waals surface area contributed by atoms with Crippen molar-refractivity contribution in [2.24, 2.45) is 0 Å². The molecule has 1 fully saturated rings. The molecule has 1 aliphatic heterocycles. The van der Waals surface area contributed by atoms with Crippen LogP contribution in [0.5, 0.6) is 0 Å². The van der Waals surface area contributed by atoms with Gasteiger partial charge in [-0.25, -0.2) is 4.98 Å². The zero-order valence-electron chi connectivity index (χ0n) is 15.6. The molecule has 2 heterocycles. The Morgan fingerprint density at radius 1 is 1.19 bits per heavy atom.